The second-order valence-electron chi connectivity index (χ2n) is 6.22. The Labute approximate surface area is 184 Å². The lowest BCUT2D eigenvalue weighted by molar-refractivity contribution is -0.162. The van der Waals surface area contributed by atoms with Gasteiger partial charge in [0.05, 0.1) is 21.3 Å². The van der Waals surface area contributed by atoms with Crippen LogP contribution >= 0.6 is 23.2 Å². The van der Waals surface area contributed by atoms with Gasteiger partial charge in [0.1, 0.15) is 18.7 Å². The Morgan fingerprint density at radius 2 is 1.97 bits per heavy atom. The van der Waals surface area contributed by atoms with Crippen LogP contribution in [-0.4, -0.2) is 26.8 Å². The highest BCUT2D eigenvalue weighted by molar-refractivity contribution is 6.42. The Morgan fingerprint density at radius 3 is 2.58 bits per heavy atom. The van der Waals surface area contributed by atoms with Gasteiger partial charge < -0.3 is 5.32 Å². The first-order chi connectivity index (χ1) is 14.7. The molecule has 11 heteroatoms. The number of alkyl halides is 3. The van der Waals surface area contributed by atoms with Crippen molar-refractivity contribution in [3.8, 4) is 11.8 Å². The first kappa shape index (κ1) is 22.3. The smallest absolute Gasteiger partial charge is 0.337 e. The van der Waals surface area contributed by atoms with Crippen molar-refractivity contribution in [1.29, 1.82) is 5.26 Å². The van der Waals surface area contributed by atoms with Gasteiger partial charge in [0, 0.05) is 6.08 Å². The van der Waals surface area contributed by atoms with Crippen molar-refractivity contribution in [2.45, 2.75) is 12.2 Å². The van der Waals surface area contributed by atoms with E-state index in [1.165, 1.54) is 35.5 Å². The van der Waals surface area contributed by atoms with Crippen molar-refractivity contribution in [1.82, 2.24) is 20.1 Å². The minimum absolute atomic E-state index is 0.0605. The summed E-state index contributed by atoms with van der Waals surface area (Å²) in [6, 6.07) is 7.78. The van der Waals surface area contributed by atoms with E-state index in [9.17, 15) is 23.2 Å². The number of amides is 1. The summed E-state index contributed by atoms with van der Waals surface area (Å²) in [5.41, 5.74) is 0.900. The van der Waals surface area contributed by atoms with Gasteiger partial charge >= 0.3 is 6.18 Å². The second kappa shape index (κ2) is 9.20. The molecule has 1 aromatic heterocycles. The molecule has 0 saturated heterocycles. The topological polar surface area (TPSA) is 83.6 Å². The zero-order valence-electron chi connectivity index (χ0n) is 15.4. The summed E-state index contributed by atoms with van der Waals surface area (Å²) in [5.74, 6) is -0.979. The summed E-state index contributed by atoms with van der Waals surface area (Å²) >= 11 is 11.5. The van der Waals surface area contributed by atoms with Crippen molar-refractivity contribution in [3.05, 3.63) is 81.9 Å². The molecule has 2 aromatic carbocycles. The lowest BCUT2D eigenvalue weighted by atomic mass is 10.1. The molecule has 6 nitrogen and oxygen atoms in total. The van der Waals surface area contributed by atoms with Crippen LogP contribution in [0.1, 0.15) is 22.7 Å². The number of hydrogen-bond acceptors (Lipinski definition) is 4. The van der Waals surface area contributed by atoms with E-state index in [2.05, 4.69) is 10.1 Å². The van der Waals surface area contributed by atoms with Crippen LogP contribution in [0, 0.1) is 11.3 Å². The summed E-state index contributed by atoms with van der Waals surface area (Å²) in [4.78, 5) is 16.0. The Balaban J connectivity index is 1.79. The van der Waals surface area contributed by atoms with E-state index in [1.807, 2.05) is 11.4 Å². The van der Waals surface area contributed by atoms with Crippen LogP contribution in [0.5, 0.6) is 0 Å². The highest BCUT2D eigenvalue weighted by atomic mass is 35.5. The summed E-state index contributed by atoms with van der Waals surface area (Å²) in [5, 5.41) is 15.2. The normalized spacial score (nSPS) is 12.5. The average molecular weight is 466 g/mol. The number of carbonyl (C=O) groups excluding carboxylic acids is 1. The van der Waals surface area contributed by atoms with E-state index in [4.69, 9.17) is 23.2 Å². The molecule has 0 spiro atoms. The van der Waals surface area contributed by atoms with Gasteiger partial charge in [-0.1, -0.05) is 35.3 Å². The quantitative estimate of drug-likeness (QED) is 0.544. The molecule has 0 aliphatic heterocycles. The van der Waals surface area contributed by atoms with Gasteiger partial charge in [-0.25, -0.2) is 9.67 Å². The molecule has 0 radical (unpaired) electrons. The second-order valence-corrected chi connectivity index (χ2v) is 7.03. The molecule has 158 valence electrons. The molecule has 1 unspecified atom stereocenters. The van der Waals surface area contributed by atoms with Crippen LogP contribution in [0.15, 0.2) is 55.1 Å². The first-order valence-electron chi connectivity index (χ1n) is 8.58. The van der Waals surface area contributed by atoms with Gasteiger partial charge in [0.2, 0.25) is 5.91 Å². The Kier molecular flexibility index (Phi) is 6.63. The van der Waals surface area contributed by atoms with Gasteiger partial charge in [-0.15, -0.1) is 0 Å². The fourth-order valence-corrected chi connectivity index (χ4v) is 2.99. The van der Waals surface area contributed by atoms with E-state index in [0.29, 0.717) is 11.3 Å². The number of benzene rings is 2. The minimum atomic E-state index is -4.76. The third-order valence-electron chi connectivity index (χ3n) is 4.12. The summed E-state index contributed by atoms with van der Waals surface area (Å²) in [6.07, 6.45) is 0.212. The van der Waals surface area contributed by atoms with Gasteiger partial charge in [0.25, 0.3) is 0 Å². The molecular weight excluding hydrogens is 454 g/mol. The van der Waals surface area contributed by atoms with Gasteiger partial charge in [0.15, 0.2) is 6.04 Å². The Hall–Kier alpha value is -3.35. The number of nitrogens with zero attached hydrogens (tertiary/aromatic N) is 4. The molecule has 31 heavy (non-hydrogen) atoms. The van der Waals surface area contributed by atoms with Crippen LogP contribution in [0.4, 0.5) is 13.2 Å². The SMILES string of the molecule is N#Cc1cc(/C=C/C(=O)NC(c2ccc(Cl)c(Cl)c2)C(F)(F)F)ccc1-n1cncn1. The number of hydrogen-bond donors (Lipinski definition) is 1. The van der Waals surface area contributed by atoms with Gasteiger partial charge in [-0.2, -0.15) is 23.5 Å². The Morgan fingerprint density at radius 1 is 1.19 bits per heavy atom. The van der Waals surface area contributed by atoms with Crippen molar-refractivity contribution >= 4 is 35.2 Å². The predicted octanol–water partition coefficient (Wildman–Crippen LogP) is 4.88. The molecular formula is C20H12Cl2F3N5O. The zero-order valence-corrected chi connectivity index (χ0v) is 16.9. The van der Waals surface area contributed by atoms with Crippen molar-refractivity contribution in [2.75, 3.05) is 0 Å². The number of aromatic nitrogens is 3. The third kappa shape index (κ3) is 5.42. The maximum Gasteiger partial charge on any atom is 0.412 e. The number of carbonyl (C=O) groups is 1. The number of nitrogens with one attached hydrogen (secondary N) is 1. The number of rotatable bonds is 5. The fraction of sp³-hybridized carbons (Fsp3) is 0.100. The maximum atomic E-state index is 13.5. The van der Waals surface area contributed by atoms with Gasteiger partial charge in [-0.3, -0.25) is 4.79 Å². The van der Waals surface area contributed by atoms with Crippen molar-refractivity contribution < 1.29 is 18.0 Å². The van der Waals surface area contributed by atoms with Crippen molar-refractivity contribution in [2.24, 2.45) is 0 Å². The van der Waals surface area contributed by atoms with E-state index in [1.54, 1.807) is 12.1 Å². The third-order valence-corrected chi connectivity index (χ3v) is 4.86. The van der Waals surface area contributed by atoms with Crippen LogP contribution in [0.25, 0.3) is 11.8 Å². The van der Waals surface area contributed by atoms with E-state index in [-0.39, 0.29) is 21.2 Å². The molecule has 3 aromatic rings. The first-order valence-corrected chi connectivity index (χ1v) is 9.34. The average Bonchev–Trinajstić information content (AvgIpc) is 3.26. The van der Waals surface area contributed by atoms with Crippen LogP contribution in [0.3, 0.4) is 0 Å². The van der Waals surface area contributed by atoms with Crippen LogP contribution < -0.4 is 5.32 Å². The highest BCUT2D eigenvalue weighted by Crippen LogP contribution is 2.35. The molecule has 0 aliphatic rings. The Bertz CT molecular complexity index is 1170. The van der Waals surface area contributed by atoms with E-state index >= 15 is 0 Å². The maximum absolute atomic E-state index is 13.5. The molecule has 0 aliphatic carbocycles. The standard InChI is InChI=1S/C20H12Cl2F3N5O/c21-15-4-3-13(8-16(15)22)19(20(23,24)25)29-18(31)6-2-12-1-5-17(14(7-12)9-26)30-11-27-10-28-30/h1-8,10-11,19H,(H,29,31)/b6-2+. The molecule has 0 saturated carbocycles. The molecule has 1 heterocycles. The predicted molar refractivity (Wildman–Crippen MR) is 109 cm³/mol. The highest BCUT2D eigenvalue weighted by Gasteiger charge is 2.41. The number of halogens is 5. The summed E-state index contributed by atoms with van der Waals surface area (Å²) < 4.78 is 41.8. The molecule has 1 N–H and O–H groups in total. The summed E-state index contributed by atoms with van der Waals surface area (Å²) in [7, 11) is 0. The van der Waals surface area contributed by atoms with Crippen LogP contribution in [-0.2, 0) is 4.79 Å². The van der Waals surface area contributed by atoms with Crippen molar-refractivity contribution in [3.63, 3.8) is 0 Å². The van der Waals surface area contributed by atoms with Crippen LogP contribution in [0.2, 0.25) is 10.0 Å². The lowest BCUT2D eigenvalue weighted by Gasteiger charge is -2.21. The molecule has 1 atom stereocenters. The van der Waals surface area contributed by atoms with Gasteiger partial charge in [-0.05, 0) is 41.5 Å². The number of nitriles is 1. The van der Waals surface area contributed by atoms with E-state index < -0.39 is 18.1 Å². The lowest BCUT2D eigenvalue weighted by Crippen LogP contribution is -2.37. The fourth-order valence-electron chi connectivity index (χ4n) is 2.69. The molecule has 1 amide bonds. The largest absolute Gasteiger partial charge is 0.412 e. The monoisotopic (exact) mass is 465 g/mol. The zero-order chi connectivity index (χ0) is 22.6. The minimum Gasteiger partial charge on any atom is -0.337 e. The summed E-state index contributed by atoms with van der Waals surface area (Å²) in [6.45, 7) is 0. The molecule has 0 fully saturated rings. The molecule has 3 rings (SSSR count). The van der Waals surface area contributed by atoms with E-state index in [0.717, 1.165) is 18.2 Å². The molecule has 0 bridgehead atoms.